The summed E-state index contributed by atoms with van der Waals surface area (Å²) in [6.45, 7) is 0. The fraction of sp³-hybridized carbons (Fsp3) is 0. The first-order chi connectivity index (χ1) is 25.2. The van der Waals surface area contributed by atoms with E-state index in [0.29, 0.717) is 5.82 Å². The molecule has 0 aliphatic rings. The molecule has 0 aliphatic heterocycles. The summed E-state index contributed by atoms with van der Waals surface area (Å²) in [7, 11) is 0. The van der Waals surface area contributed by atoms with E-state index in [1.807, 2.05) is 54.9 Å². The summed E-state index contributed by atoms with van der Waals surface area (Å²) >= 11 is 0. The summed E-state index contributed by atoms with van der Waals surface area (Å²) < 4.78 is 6.12. The van der Waals surface area contributed by atoms with Gasteiger partial charge in [-0.3, -0.25) is 4.98 Å². The molecular weight excluding hydrogens is 625 g/mol. The molecule has 4 heterocycles. The number of aromatic nitrogens is 4. The van der Waals surface area contributed by atoms with Gasteiger partial charge in [0, 0.05) is 50.8 Å². The van der Waals surface area contributed by atoms with Crippen molar-refractivity contribution in [3.05, 3.63) is 170 Å². The van der Waals surface area contributed by atoms with Crippen molar-refractivity contribution in [1.82, 2.24) is 19.9 Å². The highest BCUT2D eigenvalue weighted by atomic mass is 16.3. The van der Waals surface area contributed by atoms with Crippen LogP contribution in [0.25, 0.3) is 99.9 Å². The molecule has 0 radical (unpaired) electrons. The Morgan fingerprint density at radius 3 is 1.82 bits per heavy atom. The number of rotatable bonds is 5. The summed E-state index contributed by atoms with van der Waals surface area (Å²) in [6, 6.07) is 54.3. The molecule has 0 spiro atoms. The monoisotopic (exact) mass is 652 g/mol. The molecule has 238 valence electrons. The van der Waals surface area contributed by atoms with Gasteiger partial charge in [0.25, 0.3) is 0 Å². The predicted molar refractivity (Wildman–Crippen MR) is 207 cm³/mol. The average molecular weight is 653 g/mol. The van der Waals surface area contributed by atoms with E-state index in [4.69, 9.17) is 19.4 Å². The van der Waals surface area contributed by atoms with Gasteiger partial charge in [-0.05, 0) is 58.5 Å². The Morgan fingerprint density at radius 1 is 0.392 bits per heavy atom. The minimum Gasteiger partial charge on any atom is -0.454 e. The summed E-state index contributed by atoms with van der Waals surface area (Å²) in [5, 5.41) is 4.38. The van der Waals surface area contributed by atoms with Gasteiger partial charge in [0.15, 0.2) is 11.4 Å². The molecule has 0 saturated carbocycles. The number of pyridine rings is 2. The Labute approximate surface area is 293 Å². The molecule has 5 nitrogen and oxygen atoms in total. The fourth-order valence-corrected chi connectivity index (χ4v) is 6.94. The highest BCUT2D eigenvalue weighted by Crippen LogP contribution is 2.34. The van der Waals surface area contributed by atoms with Crippen LogP contribution in [0, 0.1) is 0 Å². The summed E-state index contributed by atoms with van der Waals surface area (Å²) in [4.78, 5) is 19.5. The van der Waals surface area contributed by atoms with Crippen LogP contribution >= 0.6 is 0 Å². The zero-order chi connectivity index (χ0) is 33.7. The standard InChI is InChI=1S/C46H28N4O/c1-2-8-33(9-3-1)46-49-41(26-42(50-46)32-20-16-30(17-21-32)39-28-47-27-35-10-4-5-11-37(35)39)31-18-14-29(15-19-31)34-22-23-40-36(24-34)25-44-45(48-40)38-12-6-7-13-43(38)51-44/h1-28H. The first kappa shape index (κ1) is 29.0. The van der Waals surface area contributed by atoms with Crippen molar-refractivity contribution in [3.8, 4) is 56.2 Å². The molecule has 51 heavy (non-hydrogen) atoms. The molecule has 10 aromatic rings. The molecule has 0 bridgehead atoms. The van der Waals surface area contributed by atoms with Gasteiger partial charge in [-0.2, -0.15) is 0 Å². The van der Waals surface area contributed by atoms with Crippen LogP contribution < -0.4 is 0 Å². The predicted octanol–water partition coefficient (Wildman–Crippen LogP) is 11.8. The van der Waals surface area contributed by atoms with E-state index in [2.05, 4.69) is 120 Å². The van der Waals surface area contributed by atoms with E-state index >= 15 is 0 Å². The lowest BCUT2D eigenvalue weighted by Crippen LogP contribution is -1.96. The molecule has 0 fully saturated rings. The lowest BCUT2D eigenvalue weighted by Gasteiger charge is -2.11. The van der Waals surface area contributed by atoms with Crippen LogP contribution in [0.3, 0.4) is 0 Å². The van der Waals surface area contributed by atoms with E-state index in [1.54, 1.807) is 0 Å². The minimum absolute atomic E-state index is 0.688. The first-order valence-corrected chi connectivity index (χ1v) is 16.9. The van der Waals surface area contributed by atoms with Crippen LogP contribution in [0.15, 0.2) is 175 Å². The average Bonchev–Trinajstić information content (AvgIpc) is 3.57. The van der Waals surface area contributed by atoms with Crippen LogP contribution in [-0.2, 0) is 0 Å². The van der Waals surface area contributed by atoms with Gasteiger partial charge in [-0.15, -0.1) is 0 Å². The van der Waals surface area contributed by atoms with Gasteiger partial charge in [-0.25, -0.2) is 15.0 Å². The normalized spacial score (nSPS) is 11.5. The van der Waals surface area contributed by atoms with Crippen LogP contribution in [0.2, 0.25) is 0 Å². The third kappa shape index (κ3) is 5.20. The van der Waals surface area contributed by atoms with Crippen molar-refractivity contribution in [2.45, 2.75) is 0 Å². The van der Waals surface area contributed by atoms with Gasteiger partial charge in [0.05, 0.1) is 16.9 Å². The van der Waals surface area contributed by atoms with E-state index in [-0.39, 0.29) is 0 Å². The maximum atomic E-state index is 6.12. The smallest absolute Gasteiger partial charge is 0.160 e. The van der Waals surface area contributed by atoms with Gasteiger partial charge >= 0.3 is 0 Å². The molecule has 0 N–H and O–H groups in total. The van der Waals surface area contributed by atoms with Crippen LogP contribution in [0.1, 0.15) is 0 Å². The Balaban J connectivity index is 1.01. The molecule has 0 aliphatic carbocycles. The number of hydrogen-bond donors (Lipinski definition) is 0. The first-order valence-electron chi connectivity index (χ1n) is 16.9. The second kappa shape index (κ2) is 11.9. The largest absolute Gasteiger partial charge is 0.454 e. The number of furan rings is 1. The Bertz CT molecular complexity index is 2890. The molecule has 4 aromatic heterocycles. The zero-order valence-electron chi connectivity index (χ0n) is 27.4. The highest BCUT2D eigenvalue weighted by Gasteiger charge is 2.13. The van der Waals surface area contributed by atoms with Gasteiger partial charge < -0.3 is 4.42 Å². The maximum absolute atomic E-state index is 6.12. The fourth-order valence-electron chi connectivity index (χ4n) is 6.94. The maximum Gasteiger partial charge on any atom is 0.160 e. The van der Waals surface area contributed by atoms with Crippen molar-refractivity contribution in [2.24, 2.45) is 0 Å². The second-order valence-electron chi connectivity index (χ2n) is 12.7. The number of hydrogen-bond acceptors (Lipinski definition) is 5. The number of para-hydroxylation sites is 1. The molecule has 0 saturated heterocycles. The van der Waals surface area contributed by atoms with Crippen LogP contribution in [0.5, 0.6) is 0 Å². The Morgan fingerprint density at radius 2 is 1.04 bits per heavy atom. The number of nitrogens with zero attached hydrogens (tertiary/aromatic N) is 4. The van der Waals surface area contributed by atoms with Gasteiger partial charge in [0.2, 0.25) is 0 Å². The summed E-state index contributed by atoms with van der Waals surface area (Å²) in [5.41, 5.74) is 12.7. The van der Waals surface area contributed by atoms with Crippen molar-refractivity contribution < 1.29 is 4.42 Å². The summed E-state index contributed by atoms with van der Waals surface area (Å²) in [5.74, 6) is 0.688. The second-order valence-corrected chi connectivity index (χ2v) is 12.7. The van der Waals surface area contributed by atoms with E-state index in [9.17, 15) is 0 Å². The molecule has 10 rings (SSSR count). The molecular formula is C46H28N4O. The third-order valence-corrected chi connectivity index (χ3v) is 9.57. The Kier molecular flexibility index (Phi) is 6.74. The van der Waals surface area contributed by atoms with Crippen molar-refractivity contribution >= 4 is 43.7 Å². The highest BCUT2D eigenvalue weighted by molar-refractivity contribution is 6.06. The Hall–Kier alpha value is -6.98. The van der Waals surface area contributed by atoms with Gasteiger partial charge in [0.1, 0.15) is 11.1 Å². The van der Waals surface area contributed by atoms with Crippen molar-refractivity contribution in [1.29, 1.82) is 0 Å². The van der Waals surface area contributed by atoms with Crippen LogP contribution in [0.4, 0.5) is 0 Å². The molecule has 6 aromatic carbocycles. The van der Waals surface area contributed by atoms with E-state index in [1.165, 1.54) is 5.39 Å². The van der Waals surface area contributed by atoms with Gasteiger partial charge in [-0.1, -0.05) is 121 Å². The number of fused-ring (bicyclic) bond motifs is 5. The zero-order valence-corrected chi connectivity index (χ0v) is 27.4. The lowest BCUT2D eigenvalue weighted by molar-refractivity contribution is 0.669. The topological polar surface area (TPSA) is 64.7 Å². The van der Waals surface area contributed by atoms with E-state index < -0.39 is 0 Å². The van der Waals surface area contributed by atoms with Crippen LogP contribution in [-0.4, -0.2) is 19.9 Å². The van der Waals surface area contributed by atoms with Crippen molar-refractivity contribution in [3.63, 3.8) is 0 Å². The molecule has 0 unspecified atom stereocenters. The molecule has 0 amide bonds. The third-order valence-electron chi connectivity index (χ3n) is 9.57. The minimum atomic E-state index is 0.688. The number of benzene rings is 6. The lowest BCUT2D eigenvalue weighted by atomic mass is 9.98. The quantitative estimate of drug-likeness (QED) is 0.185. The SMILES string of the molecule is c1ccc(-c2nc(-c3ccc(-c4ccc5nc6c(cc5c4)oc4ccccc46)cc3)cc(-c3ccc(-c4cncc5ccccc45)cc3)n2)cc1. The van der Waals surface area contributed by atoms with Crippen molar-refractivity contribution in [2.75, 3.05) is 0 Å². The molecule has 5 heteroatoms. The van der Waals surface area contributed by atoms with E-state index in [0.717, 1.165) is 88.7 Å². The molecule has 0 atom stereocenters. The summed E-state index contributed by atoms with van der Waals surface area (Å²) in [6.07, 6.45) is 3.84.